The van der Waals surface area contributed by atoms with Crippen LogP contribution in [0, 0.1) is 0 Å². The molecule has 0 amide bonds. The zero-order valence-corrected chi connectivity index (χ0v) is 7.04. The first-order valence-electron chi connectivity index (χ1n) is 3.90. The highest BCUT2D eigenvalue weighted by Crippen LogP contribution is 2.03. The standard InChI is InChI=1S/C8H14N2O/c1-3-8-9-6-7(4-5-11)10(8)2/h6,11H,3-5H2,1-2H3. The summed E-state index contributed by atoms with van der Waals surface area (Å²) in [6, 6.07) is 0. The van der Waals surface area contributed by atoms with Gasteiger partial charge in [0.15, 0.2) is 0 Å². The summed E-state index contributed by atoms with van der Waals surface area (Å²) in [6.07, 6.45) is 3.47. The topological polar surface area (TPSA) is 38.1 Å². The molecule has 3 nitrogen and oxygen atoms in total. The number of aromatic nitrogens is 2. The average Bonchev–Trinajstić information content (AvgIpc) is 2.34. The first kappa shape index (κ1) is 8.27. The summed E-state index contributed by atoms with van der Waals surface area (Å²) in [5.41, 5.74) is 1.10. The highest BCUT2D eigenvalue weighted by molar-refractivity contribution is 5.04. The highest BCUT2D eigenvalue weighted by Gasteiger charge is 2.02. The predicted octanol–water partition coefficient (Wildman–Crippen LogP) is 0.517. The number of hydrogen-bond acceptors (Lipinski definition) is 2. The molecule has 1 N–H and O–H groups in total. The number of nitrogens with zero attached hydrogens (tertiary/aromatic N) is 2. The van der Waals surface area contributed by atoms with Crippen LogP contribution in [0.25, 0.3) is 0 Å². The van der Waals surface area contributed by atoms with E-state index in [1.54, 1.807) is 0 Å². The molecule has 0 saturated carbocycles. The Morgan fingerprint density at radius 2 is 2.36 bits per heavy atom. The smallest absolute Gasteiger partial charge is 0.108 e. The van der Waals surface area contributed by atoms with Gasteiger partial charge in [0.25, 0.3) is 0 Å². The van der Waals surface area contributed by atoms with Crippen LogP contribution >= 0.6 is 0 Å². The molecule has 0 spiro atoms. The van der Waals surface area contributed by atoms with Crippen molar-refractivity contribution in [3.8, 4) is 0 Å². The van der Waals surface area contributed by atoms with Gasteiger partial charge in [-0.3, -0.25) is 0 Å². The normalized spacial score (nSPS) is 10.5. The van der Waals surface area contributed by atoms with Gasteiger partial charge in [0, 0.05) is 38.4 Å². The second kappa shape index (κ2) is 3.53. The van der Waals surface area contributed by atoms with Gasteiger partial charge in [0.05, 0.1) is 0 Å². The summed E-state index contributed by atoms with van der Waals surface area (Å²) >= 11 is 0. The van der Waals surface area contributed by atoms with Gasteiger partial charge in [-0.15, -0.1) is 0 Å². The number of hydrogen-bond donors (Lipinski definition) is 1. The van der Waals surface area contributed by atoms with Crippen LogP contribution in [0.2, 0.25) is 0 Å². The lowest BCUT2D eigenvalue weighted by Gasteiger charge is -2.01. The van der Waals surface area contributed by atoms with Gasteiger partial charge >= 0.3 is 0 Å². The van der Waals surface area contributed by atoms with Crippen molar-refractivity contribution >= 4 is 0 Å². The van der Waals surface area contributed by atoms with Crippen molar-refractivity contribution in [3.63, 3.8) is 0 Å². The monoisotopic (exact) mass is 154 g/mol. The summed E-state index contributed by atoms with van der Waals surface area (Å²) < 4.78 is 2.04. The number of aliphatic hydroxyl groups excluding tert-OH is 1. The molecule has 1 rings (SSSR count). The molecule has 0 radical (unpaired) electrons. The summed E-state index contributed by atoms with van der Waals surface area (Å²) in [5.74, 6) is 1.08. The lowest BCUT2D eigenvalue weighted by molar-refractivity contribution is 0.297. The van der Waals surface area contributed by atoms with E-state index in [1.165, 1.54) is 0 Å². The maximum absolute atomic E-state index is 8.68. The molecule has 0 saturated heterocycles. The number of imidazole rings is 1. The summed E-state index contributed by atoms with van der Waals surface area (Å²) in [5, 5.41) is 8.68. The van der Waals surface area contributed by atoms with Gasteiger partial charge in [-0.1, -0.05) is 6.92 Å². The van der Waals surface area contributed by atoms with Crippen LogP contribution in [-0.4, -0.2) is 21.3 Å². The molecule has 1 aromatic heterocycles. The Labute approximate surface area is 66.7 Å². The minimum absolute atomic E-state index is 0.197. The Bertz CT molecular complexity index is 230. The van der Waals surface area contributed by atoms with Crippen molar-refractivity contribution in [2.24, 2.45) is 7.05 Å². The molecule has 0 aliphatic heterocycles. The maximum Gasteiger partial charge on any atom is 0.108 e. The highest BCUT2D eigenvalue weighted by atomic mass is 16.3. The molecule has 0 aliphatic rings. The van der Waals surface area contributed by atoms with E-state index in [2.05, 4.69) is 11.9 Å². The van der Waals surface area contributed by atoms with Crippen molar-refractivity contribution in [2.45, 2.75) is 19.8 Å². The van der Waals surface area contributed by atoms with Crippen molar-refractivity contribution < 1.29 is 5.11 Å². The Balaban J connectivity index is 2.82. The summed E-state index contributed by atoms with van der Waals surface area (Å²) in [6.45, 7) is 2.27. The first-order chi connectivity index (χ1) is 5.29. The van der Waals surface area contributed by atoms with E-state index in [-0.39, 0.29) is 6.61 Å². The van der Waals surface area contributed by atoms with Crippen LogP contribution in [0.4, 0.5) is 0 Å². The summed E-state index contributed by atoms with van der Waals surface area (Å²) in [7, 11) is 1.98. The van der Waals surface area contributed by atoms with E-state index >= 15 is 0 Å². The molecule has 62 valence electrons. The van der Waals surface area contributed by atoms with E-state index in [9.17, 15) is 0 Å². The fourth-order valence-electron chi connectivity index (χ4n) is 1.16. The second-order valence-electron chi connectivity index (χ2n) is 2.55. The molecule has 3 heteroatoms. The van der Waals surface area contributed by atoms with Crippen molar-refractivity contribution in [3.05, 3.63) is 17.7 Å². The van der Waals surface area contributed by atoms with Gasteiger partial charge in [-0.25, -0.2) is 4.98 Å². The molecular formula is C8H14N2O. The minimum Gasteiger partial charge on any atom is -0.396 e. The third-order valence-electron chi connectivity index (χ3n) is 1.86. The average molecular weight is 154 g/mol. The van der Waals surface area contributed by atoms with Gasteiger partial charge < -0.3 is 9.67 Å². The van der Waals surface area contributed by atoms with Crippen LogP contribution in [0.5, 0.6) is 0 Å². The molecule has 0 bridgehead atoms. The fraction of sp³-hybridized carbons (Fsp3) is 0.625. The van der Waals surface area contributed by atoms with Gasteiger partial charge in [0.1, 0.15) is 5.82 Å². The minimum atomic E-state index is 0.197. The third kappa shape index (κ3) is 1.60. The van der Waals surface area contributed by atoms with Gasteiger partial charge in [-0.2, -0.15) is 0 Å². The Morgan fingerprint density at radius 1 is 1.64 bits per heavy atom. The van der Waals surface area contributed by atoms with Crippen molar-refractivity contribution in [1.29, 1.82) is 0 Å². The van der Waals surface area contributed by atoms with Crippen molar-refractivity contribution in [1.82, 2.24) is 9.55 Å². The van der Waals surface area contributed by atoms with E-state index in [1.807, 2.05) is 17.8 Å². The van der Waals surface area contributed by atoms with E-state index in [0.29, 0.717) is 6.42 Å². The molecular weight excluding hydrogens is 140 g/mol. The van der Waals surface area contributed by atoms with Crippen LogP contribution in [0.3, 0.4) is 0 Å². The van der Waals surface area contributed by atoms with Gasteiger partial charge in [-0.05, 0) is 0 Å². The molecule has 0 unspecified atom stereocenters. The molecule has 0 aromatic carbocycles. The SMILES string of the molecule is CCc1ncc(CCO)n1C. The Kier molecular flexibility index (Phi) is 2.65. The first-order valence-corrected chi connectivity index (χ1v) is 3.90. The second-order valence-corrected chi connectivity index (χ2v) is 2.55. The van der Waals surface area contributed by atoms with E-state index in [4.69, 9.17) is 5.11 Å². The zero-order chi connectivity index (χ0) is 8.27. The molecule has 1 heterocycles. The quantitative estimate of drug-likeness (QED) is 0.689. The molecule has 0 atom stereocenters. The largest absolute Gasteiger partial charge is 0.396 e. The third-order valence-corrected chi connectivity index (χ3v) is 1.86. The molecule has 0 fully saturated rings. The lowest BCUT2D eigenvalue weighted by atomic mass is 10.3. The molecule has 0 aliphatic carbocycles. The number of aryl methyl sites for hydroxylation is 1. The molecule has 11 heavy (non-hydrogen) atoms. The Morgan fingerprint density at radius 3 is 2.82 bits per heavy atom. The van der Waals surface area contributed by atoms with E-state index in [0.717, 1.165) is 17.9 Å². The zero-order valence-electron chi connectivity index (χ0n) is 7.04. The lowest BCUT2D eigenvalue weighted by Crippen LogP contribution is -2.02. The van der Waals surface area contributed by atoms with Crippen molar-refractivity contribution in [2.75, 3.05) is 6.61 Å². The van der Waals surface area contributed by atoms with Crippen LogP contribution in [0.1, 0.15) is 18.4 Å². The van der Waals surface area contributed by atoms with Crippen LogP contribution in [-0.2, 0) is 19.9 Å². The summed E-state index contributed by atoms with van der Waals surface area (Å²) in [4.78, 5) is 4.20. The molecule has 1 aromatic rings. The van der Waals surface area contributed by atoms with Crippen LogP contribution in [0.15, 0.2) is 6.20 Å². The fourth-order valence-corrected chi connectivity index (χ4v) is 1.16. The Hall–Kier alpha value is -0.830. The maximum atomic E-state index is 8.68. The number of aliphatic hydroxyl groups is 1. The van der Waals surface area contributed by atoms with E-state index < -0.39 is 0 Å². The van der Waals surface area contributed by atoms with Gasteiger partial charge in [0.2, 0.25) is 0 Å². The van der Waals surface area contributed by atoms with Crippen LogP contribution < -0.4 is 0 Å². The predicted molar refractivity (Wildman–Crippen MR) is 43.4 cm³/mol. The number of rotatable bonds is 3.